The van der Waals surface area contributed by atoms with E-state index in [0.717, 1.165) is 24.1 Å². The number of halogens is 1. The van der Waals surface area contributed by atoms with Crippen LogP contribution < -0.4 is 5.32 Å². The minimum Gasteiger partial charge on any atom is -0.326 e. The van der Waals surface area contributed by atoms with E-state index < -0.39 is 0 Å². The maximum Gasteiger partial charge on any atom is 0.224 e. The van der Waals surface area contributed by atoms with E-state index in [4.69, 9.17) is 11.6 Å². The second-order valence-corrected chi connectivity index (χ2v) is 5.52. The molecule has 1 aromatic carbocycles. The number of benzene rings is 1. The largest absolute Gasteiger partial charge is 0.326 e. The Morgan fingerprint density at radius 2 is 1.60 bits per heavy atom. The van der Waals surface area contributed by atoms with Gasteiger partial charge in [-0.15, -0.1) is 11.6 Å². The number of rotatable bonds is 10. The molecule has 1 rings (SSSR count). The van der Waals surface area contributed by atoms with Gasteiger partial charge in [0.05, 0.1) is 0 Å². The van der Waals surface area contributed by atoms with E-state index in [-0.39, 0.29) is 5.91 Å². The van der Waals surface area contributed by atoms with E-state index in [0.29, 0.717) is 12.3 Å². The van der Waals surface area contributed by atoms with Crippen molar-refractivity contribution in [2.24, 2.45) is 0 Å². The lowest BCUT2D eigenvalue weighted by Gasteiger charge is -2.06. The molecule has 0 saturated heterocycles. The number of carbonyl (C=O) groups excluding carboxylic acids is 1. The van der Waals surface area contributed by atoms with Crippen LogP contribution in [0.3, 0.4) is 0 Å². The molecule has 1 aromatic rings. The number of carbonyl (C=O) groups is 1. The van der Waals surface area contributed by atoms with Crippen LogP contribution in [-0.4, -0.2) is 5.91 Å². The fourth-order valence-electron chi connectivity index (χ4n) is 2.14. The molecule has 1 N–H and O–H groups in total. The summed E-state index contributed by atoms with van der Waals surface area (Å²) in [5, 5.41) is 2.92. The normalized spacial score (nSPS) is 10.5. The molecule has 20 heavy (non-hydrogen) atoms. The Hall–Kier alpha value is -1.02. The van der Waals surface area contributed by atoms with Gasteiger partial charge >= 0.3 is 0 Å². The maximum absolute atomic E-state index is 11.8. The highest BCUT2D eigenvalue weighted by atomic mass is 35.5. The predicted molar refractivity (Wildman–Crippen MR) is 87.2 cm³/mol. The van der Waals surface area contributed by atoms with Crippen LogP contribution >= 0.6 is 11.6 Å². The van der Waals surface area contributed by atoms with Gasteiger partial charge in [-0.2, -0.15) is 0 Å². The Balaban J connectivity index is 2.10. The third-order valence-corrected chi connectivity index (χ3v) is 3.71. The van der Waals surface area contributed by atoms with Crippen molar-refractivity contribution in [1.29, 1.82) is 0 Å². The van der Waals surface area contributed by atoms with Gasteiger partial charge < -0.3 is 5.32 Å². The molecule has 0 saturated carbocycles. The van der Waals surface area contributed by atoms with Crippen LogP contribution in [0.2, 0.25) is 0 Å². The summed E-state index contributed by atoms with van der Waals surface area (Å²) >= 11 is 5.73. The van der Waals surface area contributed by atoms with Crippen molar-refractivity contribution in [2.45, 2.75) is 64.2 Å². The second kappa shape index (κ2) is 10.7. The lowest BCUT2D eigenvalue weighted by molar-refractivity contribution is -0.116. The van der Waals surface area contributed by atoms with E-state index >= 15 is 0 Å². The molecule has 2 nitrogen and oxygen atoms in total. The Morgan fingerprint density at radius 3 is 2.20 bits per heavy atom. The molecule has 0 aromatic heterocycles. The van der Waals surface area contributed by atoms with Gasteiger partial charge in [0.15, 0.2) is 0 Å². The van der Waals surface area contributed by atoms with Crippen molar-refractivity contribution in [1.82, 2.24) is 0 Å². The van der Waals surface area contributed by atoms with Crippen LogP contribution in [0.4, 0.5) is 5.69 Å². The van der Waals surface area contributed by atoms with Crippen molar-refractivity contribution in [3.05, 3.63) is 29.8 Å². The third-order valence-electron chi connectivity index (χ3n) is 3.40. The highest BCUT2D eigenvalue weighted by molar-refractivity contribution is 6.17. The smallest absolute Gasteiger partial charge is 0.224 e. The molecule has 0 unspecified atom stereocenters. The van der Waals surface area contributed by atoms with Crippen LogP contribution in [0.25, 0.3) is 0 Å². The van der Waals surface area contributed by atoms with E-state index in [1.807, 2.05) is 24.3 Å². The Bertz CT molecular complexity index is 375. The van der Waals surface area contributed by atoms with Crippen molar-refractivity contribution < 1.29 is 4.79 Å². The van der Waals surface area contributed by atoms with Gasteiger partial charge in [-0.1, -0.05) is 57.6 Å². The van der Waals surface area contributed by atoms with Crippen LogP contribution in [0.15, 0.2) is 24.3 Å². The highest BCUT2D eigenvalue weighted by Gasteiger charge is 2.02. The second-order valence-electron chi connectivity index (χ2n) is 5.25. The Morgan fingerprint density at radius 1 is 1.00 bits per heavy atom. The molecule has 0 aliphatic heterocycles. The molecule has 0 radical (unpaired) electrons. The SMILES string of the molecule is CCCCCCCCCC(=O)Nc1ccc(CCl)cc1. The fourth-order valence-corrected chi connectivity index (χ4v) is 2.32. The van der Waals surface area contributed by atoms with Gasteiger partial charge in [0.25, 0.3) is 0 Å². The minimum atomic E-state index is 0.109. The van der Waals surface area contributed by atoms with Gasteiger partial charge in [0.1, 0.15) is 0 Å². The molecule has 0 heterocycles. The Kier molecular flexibility index (Phi) is 9.14. The average Bonchev–Trinajstić information content (AvgIpc) is 2.47. The van der Waals surface area contributed by atoms with Crippen LogP contribution in [0, 0.1) is 0 Å². The lowest BCUT2D eigenvalue weighted by Crippen LogP contribution is -2.10. The summed E-state index contributed by atoms with van der Waals surface area (Å²) in [4.78, 5) is 11.8. The van der Waals surface area contributed by atoms with Crippen molar-refractivity contribution in [2.75, 3.05) is 5.32 Å². The standard InChI is InChI=1S/C17H26ClNO/c1-2-3-4-5-6-7-8-9-17(20)19-16-12-10-15(14-18)11-13-16/h10-13H,2-9,14H2,1H3,(H,19,20). The summed E-state index contributed by atoms with van der Waals surface area (Å²) < 4.78 is 0. The summed E-state index contributed by atoms with van der Waals surface area (Å²) in [7, 11) is 0. The monoisotopic (exact) mass is 295 g/mol. The molecule has 112 valence electrons. The van der Waals surface area contributed by atoms with Crippen LogP contribution in [-0.2, 0) is 10.7 Å². The van der Waals surface area contributed by atoms with Gasteiger partial charge in [-0.05, 0) is 24.1 Å². The molecular formula is C17H26ClNO. The minimum absolute atomic E-state index is 0.109. The first kappa shape index (κ1) is 17.0. The number of hydrogen-bond donors (Lipinski definition) is 1. The summed E-state index contributed by atoms with van der Waals surface area (Å²) in [5.74, 6) is 0.615. The van der Waals surface area contributed by atoms with Gasteiger partial charge in [0.2, 0.25) is 5.91 Å². The molecular weight excluding hydrogens is 270 g/mol. The van der Waals surface area contributed by atoms with Crippen molar-refractivity contribution in [3.8, 4) is 0 Å². The molecule has 0 aliphatic rings. The fraction of sp³-hybridized carbons (Fsp3) is 0.588. The quantitative estimate of drug-likeness (QED) is 0.448. The molecule has 0 atom stereocenters. The average molecular weight is 296 g/mol. The van der Waals surface area contributed by atoms with E-state index in [2.05, 4.69) is 12.2 Å². The zero-order valence-corrected chi connectivity index (χ0v) is 13.2. The first-order valence-corrected chi connectivity index (χ1v) is 8.24. The summed E-state index contributed by atoms with van der Waals surface area (Å²) in [5.41, 5.74) is 1.92. The maximum atomic E-state index is 11.8. The molecule has 0 fully saturated rings. The molecule has 0 bridgehead atoms. The number of amides is 1. The summed E-state index contributed by atoms with van der Waals surface area (Å²) in [6, 6.07) is 7.69. The van der Waals surface area contributed by atoms with E-state index in [9.17, 15) is 4.79 Å². The van der Waals surface area contributed by atoms with Crippen molar-refractivity contribution in [3.63, 3.8) is 0 Å². The zero-order chi connectivity index (χ0) is 14.6. The number of alkyl halides is 1. The first-order chi connectivity index (χ1) is 9.76. The van der Waals surface area contributed by atoms with Gasteiger partial charge in [-0.25, -0.2) is 0 Å². The van der Waals surface area contributed by atoms with E-state index in [1.54, 1.807) is 0 Å². The zero-order valence-electron chi connectivity index (χ0n) is 12.5. The van der Waals surface area contributed by atoms with Gasteiger partial charge in [-0.3, -0.25) is 4.79 Å². The summed E-state index contributed by atoms with van der Waals surface area (Å²) in [6.45, 7) is 2.23. The number of hydrogen-bond acceptors (Lipinski definition) is 1. The van der Waals surface area contributed by atoms with Crippen LogP contribution in [0.5, 0.6) is 0 Å². The van der Waals surface area contributed by atoms with Gasteiger partial charge in [0, 0.05) is 18.0 Å². The third kappa shape index (κ3) is 7.54. The van der Waals surface area contributed by atoms with E-state index in [1.165, 1.54) is 32.1 Å². The molecule has 3 heteroatoms. The lowest BCUT2D eigenvalue weighted by atomic mass is 10.1. The predicted octanol–water partition coefficient (Wildman–Crippen LogP) is 5.50. The number of anilines is 1. The molecule has 0 aliphatic carbocycles. The van der Waals surface area contributed by atoms with Crippen molar-refractivity contribution >= 4 is 23.2 Å². The number of nitrogens with one attached hydrogen (secondary N) is 1. The Labute approximate surface area is 127 Å². The first-order valence-electron chi connectivity index (χ1n) is 7.71. The molecule has 0 spiro atoms. The molecule has 1 amide bonds. The van der Waals surface area contributed by atoms with Crippen LogP contribution in [0.1, 0.15) is 63.9 Å². The summed E-state index contributed by atoms with van der Waals surface area (Å²) in [6.07, 6.45) is 9.25. The topological polar surface area (TPSA) is 29.1 Å². The number of unbranched alkanes of at least 4 members (excludes halogenated alkanes) is 6. The highest BCUT2D eigenvalue weighted by Crippen LogP contribution is 2.13.